The van der Waals surface area contributed by atoms with Crippen LogP contribution in [-0.4, -0.2) is 105 Å². The number of nitro groups is 1. The number of nitrogens with one attached hydrogen (secondary N) is 1. The number of nitro benzene ring substituents is 1. The van der Waals surface area contributed by atoms with E-state index in [9.17, 15) is 35.3 Å². The number of aliphatic hydroxyl groups excluding tert-OH is 4. The lowest BCUT2D eigenvalue weighted by molar-refractivity contribution is -0.383. The number of amides is 1. The molecule has 1 fully saturated rings. The average molecular weight is 480 g/mol. The summed E-state index contributed by atoms with van der Waals surface area (Å²) in [6.07, 6.45) is -1.31. The zero-order valence-electron chi connectivity index (χ0n) is 18.2. The Hall–Kier alpha value is -3.46. The number of hydrogen-bond acceptors (Lipinski definition) is 11. The van der Waals surface area contributed by atoms with E-state index in [1.165, 1.54) is 18.3 Å². The van der Waals surface area contributed by atoms with Gasteiger partial charge in [0.2, 0.25) is 5.91 Å². The number of nitrogens with zero attached hydrogens (tertiary/aromatic N) is 6. The lowest BCUT2D eigenvalue weighted by Gasteiger charge is -2.43. The molecule has 15 nitrogen and oxygen atoms in total. The SMILES string of the molecule is [N-]=[N+]=Nc1ccc(NCCN(C=CC(N)=O)CCN2C[C@@H](O)[C@H](O)[C@@H](O)[C@@H]2CO)c([N+](=O)[O-])c1. The van der Waals surface area contributed by atoms with E-state index >= 15 is 0 Å². The van der Waals surface area contributed by atoms with Crippen molar-refractivity contribution in [3.63, 3.8) is 0 Å². The molecule has 1 aromatic carbocycles. The molecular weight excluding hydrogens is 452 g/mol. The van der Waals surface area contributed by atoms with Gasteiger partial charge in [-0.1, -0.05) is 11.2 Å². The van der Waals surface area contributed by atoms with Crippen LogP contribution in [0.5, 0.6) is 0 Å². The van der Waals surface area contributed by atoms with Crippen molar-refractivity contribution in [2.24, 2.45) is 10.8 Å². The maximum absolute atomic E-state index is 11.3. The first-order chi connectivity index (χ1) is 16.2. The van der Waals surface area contributed by atoms with Crippen LogP contribution in [0.2, 0.25) is 0 Å². The van der Waals surface area contributed by atoms with Crippen molar-refractivity contribution in [1.82, 2.24) is 9.80 Å². The van der Waals surface area contributed by atoms with Crippen molar-refractivity contribution in [3.8, 4) is 0 Å². The predicted molar refractivity (Wildman–Crippen MR) is 121 cm³/mol. The Morgan fingerprint density at radius 3 is 2.74 bits per heavy atom. The molecule has 0 bridgehead atoms. The number of aliphatic hydroxyl groups is 4. The highest BCUT2D eigenvalue weighted by Gasteiger charge is 2.40. The summed E-state index contributed by atoms with van der Waals surface area (Å²) >= 11 is 0. The summed E-state index contributed by atoms with van der Waals surface area (Å²) in [6.45, 7) is 0.645. The number of benzene rings is 1. The lowest BCUT2D eigenvalue weighted by atomic mass is 9.94. The maximum atomic E-state index is 11.3. The van der Waals surface area contributed by atoms with Gasteiger partial charge in [0.05, 0.1) is 23.7 Å². The van der Waals surface area contributed by atoms with E-state index in [4.69, 9.17) is 11.3 Å². The Kier molecular flexibility index (Phi) is 10.0. The van der Waals surface area contributed by atoms with E-state index in [1.807, 2.05) is 0 Å². The van der Waals surface area contributed by atoms with Gasteiger partial charge in [-0.3, -0.25) is 19.8 Å². The standard InChI is InChI=1S/C19H28N8O7/c20-17(30)3-5-25(7-8-26-10-16(29)19(32)18(31)15(26)11-28)6-4-22-13-2-1-12(23-24-21)9-14(13)27(33)34/h1-3,5,9,15-16,18-19,22,28-29,31-32H,4,6-8,10-11H2,(H2,20,30)/t15-,16+,18-,19-/m0/s1. The Morgan fingerprint density at radius 1 is 1.38 bits per heavy atom. The molecule has 15 heteroatoms. The molecule has 0 saturated carbocycles. The van der Waals surface area contributed by atoms with Gasteiger partial charge in [-0.2, -0.15) is 0 Å². The summed E-state index contributed by atoms with van der Waals surface area (Å²) < 4.78 is 0. The highest BCUT2D eigenvalue weighted by Crippen LogP contribution is 2.29. The summed E-state index contributed by atoms with van der Waals surface area (Å²) in [7, 11) is 0. The van der Waals surface area contributed by atoms with Crippen LogP contribution >= 0.6 is 0 Å². The number of carbonyl (C=O) groups excluding carboxylic acids is 1. The third kappa shape index (κ3) is 7.28. The van der Waals surface area contributed by atoms with Gasteiger partial charge in [0.25, 0.3) is 5.69 Å². The molecule has 1 aromatic rings. The Bertz CT molecular complexity index is 939. The van der Waals surface area contributed by atoms with Gasteiger partial charge in [-0.15, -0.1) is 0 Å². The fraction of sp³-hybridized carbons (Fsp3) is 0.526. The van der Waals surface area contributed by atoms with Gasteiger partial charge in [0.15, 0.2) is 0 Å². The Labute approximate surface area is 194 Å². The lowest BCUT2D eigenvalue weighted by Crippen LogP contribution is -2.63. The minimum atomic E-state index is -1.37. The Morgan fingerprint density at radius 2 is 2.12 bits per heavy atom. The number of nitrogens with two attached hydrogens (primary N) is 1. The van der Waals surface area contributed by atoms with E-state index in [0.29, 0.717) is 0 Å². The van der Waals surface area contributed by atoms with Crippen LogP contribution < -0.4 is 11.1 Å². The van der Waals surface area contributed by atoms with Crippen molar-refractivity contribution >= 4 is 23.0 Å². The van der Waals surface area contributed by atoms with Crippen LogP contribution in [0.1, 0.15) is 0 Å². The second kappa shape index (κ2) is 12.7. The van der Waals surface area contributed by atoms with Crippen LogP contribution in [0.4, 0.5) is 17.1 Å². The van der Waals surface area contributed by atoms with Crippen LogP contribution in [0.25, 0.3) is 10.4 Å². The topological polar surface area (TPSA) is 234 Å². The molecule has 0 spiro atoms. The molecule has 1 heterocycles. The van der Waals surface area contributed by atoms with Gasteiger partial charge >= 0.3 is 0 Å². The van der Waals surface area contributed by atoms with Crippen LogP contribution in [0.15, 0.2) is 35.6 Å². The number of anilines is 1. The smallest absolute Gasteiger partial charge is 0.292 e. The second-order valence-corrected chi connectivity index (χ2v) is 7.62. The number of primary amides is 1. The normalized spacial score (nSPS) is 22.8. The number of carbonyl (C=O) groups is 1. The molecule has 0 aromatic heterocycles. The molecule has 1 saturated heterocycles. The van der Waals surface area contributed by atoms with Crippen LogP contribution in [-0.2, 0) is 4.79 Å². The van der Waals surface area contributed by atoms with Gasteiger partial charge in [-0.05, 0) is 11.6 Å². The number of piperidine rings is 1. The number of likely N-dealkylation sites (tertiary alicyclic amines) is 1. The third-order valence-corrected chi connectivity index (χ3v) is 5.39. The van der Waals surface area contributed by atoms with Crippen molar-refractivity contribution < 1.29 is 30.1 Å². The van der Waals surface area contributed by atoms with Gasteiger partial charge in [0.1, 0.15) is 17.9 Å². The summed E-state index contributed by atoms with van der Waals surface area (Å²) in [5.74, 6) is -0.678. The average Bonchev–Trinajstić information content (AvgIpc) is 2.79. The largest absolute Gasteiger partial charge is 0.395 e. The fourth-order valence-electron chi connectivity index (χ4n) is 3.60. The molecular formula is C19H28N8O7. The zero-order valence-corrected chi connectivity index (χ0v) is 18.2. The summed E-state index contributed by atoms with van der Waals surface area (Å²) in [5, 5.41) is 57.1. The molecule has 7 N–H and O–H groups in total. The van der Waals surface area contributed by atoms with Crippen LogP contribution in [0.3, 0.4) is 0 Å². The number of hydrogen-bond donors (Lipinski definition) is 6. The Balaban J connectivity index is 2.05. The van der Waals surface area contributed by atoms with E-state index in [0.717, 1.165) is 12.1 Å². The maximum Gasteiger partial charge on any atom is 0.292 e. The summed E-state index contributed by atoms with van der Waals surface area (Å²) in [5.41, 5.74) is 13.7. The van der Waals surface area contributed by atoms with Crippen molar-refractivity contribution in [1.29, 1.82) is 0 Å². The first kappa shape index (κ1) is 26.8. The monoisotopic (exact) mass is 480 g/mol. The highest BCUT2D eigenvalue weighted by molar-refractivity contribution is 5.85. The molecule has 34 heavy (non-hydrogen) atoms. The van der Waals surface area contributed by atoms with E-state index in [2.05, 4.69) is 15.3 Å². The molecule has 0 radical (unpaired) electrons. The summed E-state index contributed by atoms with van der Waals surface area (Å²) in [4.78, 5) is 27.8. The quantitative estimate of drug-likeness (QED) is 0.0533. The van der Waals surface area contributed by atoms with Crippen LogP contribution in [0, 0.1) is 10.1 Å². The first-order valence-electron chi connectivity index (χ1n) is 10.4. The number of azide groups is 1. The van der Waals surface area contributed by atoms with E-state index < -0.39 is 41.8 Å². The zero-order chi connectivity index (χ0) is 25.3. The van der Waals surface area contributed by atoms with Crippen molar-refractivity contribution in [2.75, 3.05) is 44.6 Å². The molecule has 186 valence electrons. The number of rotatable bonds is 12. The molecule has 1 aliphatic heterocycles. The highest BCUT2D eigenvalue weighted by atomic mass is 16.6. The van der Waals surface area contributed by atoms with Gasteiger partial charge < -0.3 is 36.4 Å². The fourth-order valence-corrected chi connectivity index (χ4v) is 3.60. The summed E-state index contributed by atoms with van der Waals surface area (Å²) in [6, 6.07) is 3.20. The molecule has 1 amide bonds. The predicted octanol–water partition coefficient (Wildman–Crippen LogP) is -0.991. The molecule has 1 aliphatic rings. The third-order valence-electron chi connectivity index (χ3n) is 5.39. The molecule has 4 atom stereocenters. The van der Waals surface area contributed by atoms with Crippen molar-refractivity contribution in [2.45, 2.75) is 24.4 Å². The van der Waals surface area contributed by atoms with E-state index in [1.54, 1.807) is 9.80 Å². The minimum Gasteiger partial charge on any atom is -0.395 e. The van der Waals surface area contributed by atoms with Gasteiger partial charge in [-0.25, -0.2) is 0 Å². The number of β-amino-alcohol motifs (C(OH)–C–C–N with tert-alkyl or cyclic N) is 1. The minimum absolute atomic E-state index is 0.0266. The molecule has 2 rings (SSSR count). The molecule has 0 unspecified atom stereocenters. The van der Waals surface area contributed by atoms with Crippen molar-refractivity contribution in [3.05, 3.63) is 51.0 Å². The first-order valence-corrected chi connectivity index (χ1v) is 10.4. The van der Waals surface area contributed by atoms with Gasteiger partial charge in [0, 0.05) is 61.7 Å². The second-order valence-electron chi connectivity index (χ2n) is 7.62. The molecule has 0 aliphatic carbocycles. The van der Waals surface area contributed by atoms with E-state index in [-0.39, 0.29) is 49.8 Å².